The third-order valence-corrected chi connectivity index (χ3v) is 6.06. The number of hydrogen-bond acceptors (Lipinski definition) is 5. The molecule has 9 nitrogen and oxygen atoms in total. The van der Waals surface area contributed by atoms with Crippen molar-refractivity contribution in [1.82, 2.24) is 15.5 Å². The van der Waals surface area contributed by atoms with Crippen molar-refractivity contribution in [2.24, 2.45) is 11.1 Å². The maximum atomic E-state index is 13.3. The number of likely N-dealkylation sites (tertiary alicyclic amines) is 1. The number of rotatable bonds is 7. The van der Waals surface area contributed by atoms with Crippen LogP contribution in [0.2, 0.25) is 0 Å². The lowest BCUT2D eigenvalue weighted by Gasteiger charge is -2.35. The third-order valence-electron chi connectivity index (χ3n) is 5.34. The summed E-state index contributed by atoms with van der Waals surface area (Å²) in [5.41, 5.74) is 5.72. The standard InChI is InChI=1S/C22H31IN4O5/c1-12(28)25-18(22(2,3)4)21(32)27-11-15(29)10-17(27)20(31)26-16(19(24)30)9-13-5-7-14(23)8-6-13/h5-8,15-18,29H,9-11H2,1-4H3,(H2,24,30)(H,25,28)(H,26,31)/t15-,16-,17+,18-/m1/s1. The fourth-order valence-electron chi connectivity index (χ4n) is 3.67. The van der Waals surface area contributed by atoms with E-state index in [9.17, 15) is 24.3 Å². The lowest BCUT2D eigenvalue weighted by atomic mass is 9.85. The van der Waals surface area contributed by atoms with Gasteiger partial charge in [-0.05, 0) is 45.7 Å². The van der Waals surface area contributed by atoms with Gasteiger partial charge in [-0.1, -0.05) is 32.9 Å². The second kappa shape index (κ2) is 10.6. The zero-order chi connectivity index (χ0) is 24.2. The number of nitrogens with one attached hydrogen (secondary N) is 2. The van der Waals surface area contributed by atoms with E-state index in [0.717, 1.165) is 9.13 Å². The molecule has 0 radical (unpaired) electrons. The first kappa shape index (κ1) is 26.0. The van der Waals surface area contributed by atoms with Gasteiger partial charge in [0.2, 0.25) is 23.6 Å². The predicted octanol–water partition coefficient (Wildman–Crippen LogP) is 0.316. The molecule has 0 aromatic heterocycles. The third kappa shape index (κ3) is 6.89. The van der Waals surface area contributed by atoms with E-state index < -0.39 is 47.4 Å². The number of benzene rings is 1. The minimum absolute atomic E-state index is 0.0313. The Labute approximate surface area is 201 Å². The number of amides is 4. The Morgan fingerprint density at radius 3 is 2.28 bits per heavy atom. The Balaban J connectivity index is 2.20. The number of nitrogens with zero attached hydrogens (tertiary/aromatic N) is 1. The molecular formula is C22H31IN4O5. The number of aliphatic hydroxyl groups is 1. The van der Waals surface area contributed by atoms with Crippen LogP contribution in [0.25, 0.3) is 0 Å². The van der Waals surface area contributed by atoms with Gasteiger partial charge >= 0.3 is 0 Å². The van der Waals surface area contributed by atoms with Crippen molar-refractivity contribution in [1.29, 1.82) is 0 Å². The molecule has 176 valence electrons. The number of nitrogens with two attached hydrogens (primary N) is 1. The highest BCUT2D eigenvalue weighted by atomic mass is 127. The van der Waals surface area contributed by atoms with Crippen molar-refractivity contribution in [3.8, 4) is 0 Å². The molecule has 0 spiro atoms. The van der Waals surface area contributed by atoms with Crippen molar-refractivity contribution >= 4 is 46.2 Å². The Morgan fingerprint density at radius 2 is 1.78 bits per heavy atom. The quantitative estimate of drug-likeness (QED) is 0.357. The van der Waals surface area contributed by atoms with Crippen LogP contribution in [0.1, 0.15) is 39.7 Å². The summed E-state index contributed by atoms with van der Waals surface area (Å²) < 4.78 is 1.03. The van der Waals surface area contributed by atoms with Crippen molar-refractivity contribution in [3.63, 3.8) is 0 Å². The van der Waals surface area contributed by atoms with Gasteiger partial charge in [-0.25, -0.2) is 0 Å². The Hall–Kier alpha value is -2.21. The molecule has 0 unspecified atom stereocenters. The van der Waals surface area contributed by atoms with Crippen LogP contribution in [0.5, 0.6) is 0 Å². The maximum Gasteiger partial charge on any atom is 0.246 e. The lowest BCUT2D eigenvalue weighted by Crippen LogP contribution is -2.58. The second-order valence-electron chi connectivity index (χ2n) is 9.19. The highest BCUT2D eigenvalue weighted by Crippen LogP contribution is 2.26. The maximum absolute atomic E-state index is 13.3. The number of halogens is 1. The molecule has 4 amide bonds. The van der Waals surface area contributed by atoms with Crippen LogP contribution >= 0.6 is 22.6 Å². The van der Waals surface area contributed by atoms with E-state index in [-0.39, 0.29) is 25.3 Å². The summed E-state index contributed by atoms with van der Waals surface area (Å²) in [7, 11) is 0. The first-order valence-corrected chi connectivity index (χ1v) is 11.5. The average Bonchev–Trinajstić information content (AvgIpc) is 3.07. The van der Waals surface area contributed by atoms with Gasteiger partial charge in [-0.15, -0.1) is 0 Å². The Kier molecular flexibility index (Phi) is 8.63. The van der Waals surface area contributed by atoms with E-state index in [1.54, 1.807) is 20.8 Å². The van der Waals surface area contributed by atoms with Crippen LogP contribution in [0.15, 0.2) is 24.3 Å². The van der Waals surface area contributed by atoms with Gasteiger partial charge in [-0.2, -0.15) is 0 Å². The zero-order valence-electron chi connectivity index (χ0n) is 18.7. The molecule has 1 saturated heterocycles. The molecule has 4 atom stereocenters. The van der Waals surface area contributed by atoms with Crippen LogP contribution in [0, 0.1) is 8.99 Å². The summed E-state index contributed by atoms with van der Waals surface area (Å²) in [4.78, 5) is 51.2. The minimum Gasteiger partial charge on any atom is -0.391 e. The summed E-state index contributed by atoms with van der Waals surface area (Å²) in [6.07, 6.45) is -0.655. The number of carbonyl (C=O) groups excluding carboxylic acids is 4. The van der Waals surface area contributed by atoms with Crippen molar-refractivity contribution < 1.29 is 24.3 Å². The van der Waals surface area contributed by atoms with Gasteiger partial charge in [0.1, 0.15) is 18.1 Å². The van der Waals surface area contributed by atoms with E-state index in [1.807, 2.05) is 24.3 Å². The zero-order valence-corrected chi connectivity index (χ0v) is 20.9. The molecule has 1 aromatic carbocycles. The van der Waals surface area contributed by atoms with Crippen LogP contribution < -0.4 is 16.4 Å². The van der Waals surface area contributed by atoms with Gasteiger partial charge in [0, 0.05) is 29.9 Å². The number of carbonyl (C=O) groups is 4. The molecule has 0 aliphatic carbocycles. The highest BCUT2D eigenvalue weighted by molar-refractivity contribution is 14.1. The van der Waals surface area contributed by atoms with Crippen LogP contribution in [0.3, 0.4) is 0 Å². The summed E-state index contributed by atoms with van der Waals surface area (Å²) in [6, 6.07) is 4.65. The molecule has 0 saturated carbocycles. The number of primary amides is 1. The smallest absolute Gasteiger partial charge is 0.246 e. The van der Waals surface area contributed by atoms with Crippen molar-refractivity contribution in [3.05, 3.63) is 33.4 Å². The summed E-state index contributed by atoms with van der Waals surface area (Å²) in [5, 5.41) is 15.5. The fraction of sp³-hybridized carbons (Fsp3) is 0.545. The number of aliphatic hydroxyl groups excluding tert-OH is 1. The van der Waals surface area contributed by atoms with Crippen molar-refractivity contribution in [2.75, 3.05) is 6.54 Å². The summed E-state index contributed by atoms with van der Waals surface area (Å²) in [6.45, 7) is 6.68. The van der Waals surface area contributed by atoms with Gasteiger partial charge in [0.15, 0.2) is 0 Å². The fourth-order valence-corrected chi connectivity index (χ4v) is 4.03. The lowest BCUT2D eigenvalue weighted by molar-refractivity contribution is -0.144. The van der Waals surface area contributed by atoms with Crippen LogP contribution in [0.4, 0.5) is 0 Å². The van der Waals surface area contributed by atoms with Gasteiger partial charge in [0.25, 0.3) is 0 Å². The van der Waals surface area contributed by atoms with E-state index in [1.165, 1.54) is 11.8 Å². The first-order valence-electron chi connectivity index (χ1n) is 10.4. The largest absolute Gasteiger partial charge is 0.391 e. The normalized spacial score (nSPS) is 20.4. The van der Waals surface area contributed by atoms with E-state index >= 15 is 0 Å². The van der Waals surface area contributed by atoms with Gasteiger partial charge < -0.3 is 26.4 Å². The predicted molar refractivity (Wildman–Crippen MR) is 127 cm³/mol. The molecule has 1 aliphatic heterocycles. The number of β-amino-alcohol motifs (C(OH)–C–C–N with tert-alkyl or cyclic N) is 1. The molecule has 0 bridgehead atoms. The van der Waals surface area contributed by atoms with E-state index in [4.69, 9.17) is 5.73 Å². The molecule has 1 fully saturated rings. The monoisotopic (exact) mass is 558 g/mol. The Morgan fingerprint density at radius 1 is 1.19 bits per heavy atom. The highest BCUT2D eigenvalue weighted by Gasteiger charge is 2.44. The van der Waals surface area contributed by atoms with Crippen LogP contribution in [-0.2, 0) is 25.6 Å². The SMILES string of the molecule is CC(=O)N[C@H](C(=O)N1C[C@H](O)C[C@H]1C(=O)N[C@H](Cc1ccc(I)cc1)C(N)=O)C(C)(C)C. The van der Waals surface area contributed by atoms with Crippen LogP contribution in [-0.4, -0.2) is 64.4 Å². The average molecular weight is 558 g/mol. The summed E-state index contributed by atoms with van der Waals surface area (Å²) in [5.74, 6) is -2.10. The molecular weight excluding hydrogens is 527 g/mol. The Bertz CT molecular complexity index is 868. The second-order valence-corrected chi connectivity index (χ2v) is 10.4. The van der Waals surface area contributed by atoms with Gasteiger partial charge in [-0.3, -0.25) is 19.2 Å². The molecule has 32 heavy (non-hydrogen) atoms. The molecule has 1 aliphatic rings. The summed E-state index contributed by atoms with van der Waals surface area (Å²) >= 11 is 2.17. The molecule has 5 N–H and O–H groups in total. The topological polar surface area (TPSA) is 142 Å². The molecule has 1 aromatic rings. The van der Waals surface area contributed by atoms with E-state index in [0.29, 0.717) is 0 Å². The molecule has 10 heteroatoms. The van der Waals surface area contributed by atoms with Gasteiger partial charge in [0.05, 0.1) is 6.10 Å². The first-order chi connectivity index (χ1) is 14.8. The number of hydrogen-bond donors (Lipinski definition) is 4. The molecule has 2 rings (SSSR count). The van der Waals surface area contributed by atoms with E-state index in [2.05, 4.69) is 33.2 Å². The molecule has 1 heterocycles. The minimum atomic E-state index is -0.977. The van der Waals surface area contributed by atoms with Crippen molar-refractivity contribution in [2.45, 2.75) is 64.8 Å².